The molecule has 0 spiro atoms. The summed E-state index contributed by atoms with van der Waals surface area (Å²) in [6.07, 6.45) is 0. The van der Waals surface area contributed by atoms with E-state index in [1.54, 1.807) is 7.11 Å². The first-order valence-electron chi connectivity index (χ1n) is 10.1. The maximum Gasteiger partial charge on any atom is 0.275 e. The number of hydrogen-bond donors (Lipinski definition) is 1. The van der Waals surface area contributed by atoms with Gasteiger partial charge in [0.15, 0.2) is 5.69 Å². The SMILES string of the molecule is COc1ccc(-c2noc(CN3CCN(C(=O)c4n[nH]c5ccccc45)CC3)n2)cc1. The molecule has 3 heterocycles. The molecule has 31 heavy (non-hydrogen) atoms. The van der Waals surface area contributed by atoms with E-state index in [0.717, 1.165) is 35.3 Å². The van der Waals surface area contributed by atoms with Crippen molar-refractivity contribution in [1.82, 2.24) is 30.1 Å². The van der Waals surface area contributed by atoms with Crippen LogP contribution < -0.4 is 4.74 Å². The van der Waals surface area contributed by atoms with E-state index in [0.29, 0.717) is 37.0 Å². The summed E-state index contributed by atoms with van der Waals surface area (Å²) in [7, 11) is 1.63. The van der Waals surface area contributed by atoms with Crippen LogP contribution >= 0.6 is 0 Å². The van der Waals surface area contributed by atoms with E-state index < -0.39 is 0 Å². The van der Waals surface area contributed by atoms with Crippen LogP contribution in [0, 0.1) is 0 Å². The zero-order valence-electron chi connectivity index (χ0n) is 17.1. The lowest BCUT2D eigenvalue weighted by molar-refractivity contribution is 0.0611. The topological polar surface area (TPSA) is 100 Å². The maximum atomic E-state index is 12.9. The monoisotopic (exact) mass is 418 g/mol. The summed E-state index contributed by atoms with van der Waals surface area (Å²) in [5, 5.41) is 12.1. The summed E-state index contributed by atoms with van der Waals surface area (Å²) in [6.45, 7) is 3.26. The molecule has 158 valence electrons. The van der Waals surface area contributed by atoms with Gasteiger partial charge in [0.1, 0.15) is 5.75 Å². The van der Waals surface area contributed by atoms with Gasteiger partial charge in [-0.15, -0.1) is 0 Å². The number of hydrogen-bond acceptors (Lipinski definition) is 7. The molecule has 0 bridgehead atoms. The second kappa shape index (κ2) is 8.19. The van der Waals surface area contributed by atoms with Crippen LogP contribution in [0.5, 0.6) is 5.75 Å². The molecule has 9 nitrogen and oxygen atoms in total. The average Bonchev–Trinajstić information content (AvgIpc) is 3.46. The fourth-order valence-electron chi connectivity index (χ4n) is 3.75. The number of piperazine rings is 1. The molecule has 0 unspecified atom stereocenters. The van der Waals surface area contributed by atoms with Crippen molar-refractivity contribution in [3.05, 3.63) is 60.1 Å². The summed E-state index contributed by atoms with van der Waals surface area (Å²) < 4.78 is 10.6. The van der Waals surface area contributed by atoms with E-state index in [2.05, 4.69) is 25.2 Å². The highest BCUT2D eigenvalue weighted by Crippen LogP contribution is 2.21. The van der Waals surface area contributed by atoms with Crippen molar-refractivity contribution in [1.29, 1.82) is 0 Å². The number of fused-ring (bicyclic) bond motifs is 1. The highest BCUT2D eigenvalue weighted by atomic mass is 16.5. The first-order valence-corrected chi connectivity index (χ1v) is 10.1. The van der Waals surface area contributed by atoms with Crippen LogP contribution in [-0.2, 0) is 6.54 Å². The zero-order valence-corrected chi connectivity index (χ0v) is 17.1. The van der Waals surface area contributed by atoms with E-state index in [-0.39, 0.29) is 5.91 Å². The number of carbonyl (C=O) groups excluding carboxylic acids is 1. The summed E-state index contributed by atoms with van der Waals surface area (Å²) in [5.74, 6) is 1.85. The highest BCUT2D eigenvalue weighted by Gasteiger charge is 2.26. The largest absolute Gasteiger partial charge is 0.497 e. The molecule has 1 saturated heterocycles. The molecule has 5 rings (SSSR count). The van der Waals surface area contributed by atoms with Crippen LogP contribution in [-0.4, -0.2) is 69.3 Å². The predicted molar refractivity (Wildman–Crippen MR) is 114 cm³/mol. The van der Waals surface area contributed by atoms with Crippen molar-refractivity contribution >= 4 is 16.8 Å². The maximum absolute atomic E-state index is 12.9. The van der Waals surface area contributed by atoms with E-state index in [4.69, 9.17) is 9.26 Å². The fraction of sp³-hybridized carbons (Fsp3) is 0.273. The summed E-state index contributed by atoms with van der Waals surface area (Å²) in [5.41, 5.74) is 2.22. The van der Waals surface area contributed by atoms with E-state index in [1.165, 1.54) is 0 Å². The third-order valence-corrected chi connectivity index (χ3v) is 5.51. The number of carbonyl (C=O) groups is 1. The number of H-pyrrole nitrogens is 1. The predicted octanol–water partition coefficient (Wildman–Crippen LogP) is 2.58. The van der Waals surface area contributed by atoms with Crippen LogP contribution in [0.15, 0.2) is 53.1 Å². The van der Waals surface area contributed by atoms with Crippen LogP contribution in [0.25, 0.3) is 22.3 Å². The van der Waals surface area contributed by atoms with Crippen LogP contribution in [0.3, 0.4) is 0 Å². The lowest BCUT2D eigenvalue weighted by atomic mass is 10.2. The molecule has 1 fully saturated rings. The van der Waals surface area contributed by atoms with Crippen LogP contribution in [0.1, 0.15) is 16.4 Å². The van der Waals surface area contributed by atoms with Gasteiger partial charge in [-0.05, 0) is 30.3 Å². The van der Waals surface area contributed by atoms with Crippen molar-refractivity contribution in [2.24, 2.45) is 0 Å². The summed E-state index contributed by atoms with van der Waals surface area (Å²) in [6, 6.07) is 15.2. The smallest absolute Gasteiger partial charge is 0.275 e. The molecule has 1 amide bonds. The average molecular weight is 418 g/mol. The number of nitrogens with one attached hydrogen (secondary N) is 1. The molecule has 2 aromatic carbocycles. The second-order valence-electron chi connectivity index (χ2n) is 7.43. The molecular formula is C22H22N6O3. The molecule has 2 aromatic heterocycles. The third-order valence-electron chi connectivity index (χ3n) is 5.51. The molecule has 0 saturated carbocycles. The number of aromatic nitrogens is 4. The van der Waals surface area contributed by atoms with Gasteiger partial charge < -0.3 is 14.2 Å². The number of para-hydroxylation sites is 1. The van der Waals surface area contributed by atoms with Gasteiger partial charge in [0, 0.05) is 37.1 Å². The lowest BCUT2D eigenvalue weighted by Gasteiger charge is -2.33. The number of nitrogens with zero attached hydrogens (tertiary/aromatic N) is 5. The molecule has 0 aliphatic carbocycles. The molecule has 1 aliphatic heterocycles. The first kappa shape index (κ1) is 19.3. The number of amides is 1. The van der Waals surface area contributed by atoms with Gasteiger partial charge in [-0.25, -0.2) is 0 Å². The van der Waals surface area contributed by atoms with Gasteiger partial charge in [0.25, 0.3) is 5.91 Å². The third kappa shape index (κ3) is 3.87. The minimum Gasteiger partial charge on any atom is -0.497 e. The lowest BCUT2D eigenvalue weighted by Crippen LogP contribution is -2.48. The standard InChI is InChI=1S/C22H22N6O3/c1-30-16-8-6-15(7-9-16)21-23-19(31-26-21)14-27-10-12-28(13-11-27)22(29)20-17-4-2-3-5-18(17)24-25-20/h2-9H,10-14H2,1H3,(H,24,25). The van der Waals surface area contributed by atoms with Crippen molar-refractivity contribution in [2.75, 3.05) is 33.3 Å². The van der Waals surface area contributed by atoms with Crippen LogP contribution in [0.4, 0.5) is 0 Å². The highest BCUT2D eigenvalue weighted by molar-refractivity contribution is 6.04. The Hall–Kier alpha value is -3.72. The van der Waals surface area contributed by atoms with Crippen molar-refractivity contribution < 1.29 is 14.1 Å². The number of rotatable bonds is 5. The number of ether oxygens (including phenoxy) is 1. The number of methoxy groups -OCH3 is 1. The van der Waals surface area contributed by atoms with Crippen LogP contribution in [0.2, 0.25) is 0 Å². The minimum absolute atomic E-state index is 0.0447. The Labute approximate surface area is 178 Å². The van der Waals surface area contributed by atoms with Gasteiger partial charge in [-0.3, -0.25) is 14.8 Å². The quantitative estimate of drug-likeness (QED) is 0.532. The first-order chi connectivity index (χ1) is 15.2. The van der Waals surface area contributed by atoms with E-state index >= 15 is 0 Å². The molecule has 1 aliphatic rings. The Bertz CT molecular complexity index is 1190. The minimum atomic E-state index is -0.0447. The van der Waals surface area contributed by atoms with Crippen molar-refractivity contribution in [2.45, 2.75) is 6.54 Å². The normalized spacial score (nSPS) is 14.8. The molecule has 1 N–H and O–H groups in total. The van der Waals surface area contributed by atoms with Crippen molar-refractivity contribution in [3.63, 3.8) is 0 Å². The Balaban J connectivity index is 1.19. The van der Waals surface area contributed by atoms with Gasteiger partial charge in [-0.2, -0.15) is 10.1 Å². The molecular weight excluding hydrogens is 396 g/mol. The molecule has 0 radical (unpaired) electrons. The number of benzene rings is 2. The summed E-state index contributed by atoms with van der Waals surface area (Å²) >= 11 is 0. The summed E-state index contributed by atoms with van der Waals surface area (Å²) in [4.78, 5) is 21.5. The molecule has 0 atom stereocenters. The van der Waals surface area contributed by atoms with Crippen molar-refractivity contribution in [3.8, 4) is 17.1 Å². The van der Waals surface area contributed by atoms with Gasteiger partial charge in [-0.1, -0.05) is 23.4 Å². The molecule has 4 aromatic rings. The Morgan fingerprint density at radius 2 is 1.87 bits per heavy atom. The number of aromatic amines is 1. The van der Waals surface area contributed by atoms with E-state index in [1.807, 2.05) is 53.4 Å². The Kier molecular flexibility index (Phi) is 5.09. The van der Waals surface area contributed by atoms with Gasteiger partial charge in [0.05, 0.1) is 19.2 Å². The fourth-order valence-corrected chi connectivity index (χ4v) is 3.75. The second-order valence-corrected chi connectivity index (χ2v) is 7.43. The Morgan fingerprint density at radius 1 is 1.10 bits per heavy atom. The van der Waals surface area contributed by atoms with Gasteiger partial charge in [0.2, 0.25) is 11.7 Å². The zero-order chi connectivity index (χ0) is 21.2. The molecule has 9 heteroatoms. The van der Waals surface area contributed by atoms with E-state index in [9.17, 15) is 4.79 Å². The van der Waals surface area contributed by atoms with Gasteiger partial charge >= 0.3 is 0 Å². The Morgan fingerprint density at radius 3 is 2.65 bits per heavy atom.